The molecule has 6 nitrogen and oxygen atoms in total. The van der Waals surface area contributed by atoms with Crippen LogP contribution in [-0.2, 0) is 7.05 Å². The zero-order chi connectivity index (χ0) is 13.1. The van der Waals surface area contributed by atoms with Crippen LogP contribution in [0, 0.1) is 0 Å². The molecule has 0 aromatic carbocycles. The van der Waals surface area contributed by atoms with Crippen molar-refractivity contribution in [1.29, 1.82) is 0 Å². The molecule has 0 unspecified atom stereocenters. The van der Waals surface area contributed by atoms with Gasteiger partial charge in [-0.3, -0.25) is 4.68 Å². The van der Waals surface area contributed by atoms with Crippen LogP contribution >= 0.6 is 0 Å². The van der Waals surface area contributed by atoms with Gasteiger partial charge in [-0.05, 0) is 20.9 Å². The molecule has 2 aromatic rings. The Morgan fingerprint density at radius 1 is 1.39 bits per heavy atom. The summed E-state index contributed by atoms with van der Waals surface area (Å²) in [5.41, 5.74) is 0.852. The number of nitrogens with one attached hydrogen (secondary N) is 1. The van der Waals surface area contributed by atoms with Crippen molar-refractivity contribution < 1.29 is 0 Å². The van der Waals surface area contributed by atoms with Crippen molar-refractivity contribution in [3.05, 3.63) is 12.5 Å². The highest BCUT2D eigenvalue weighted by Gasteiger charge is 2.08. The molecule has 6 heteroatoms. The molecule has 0 fully saturated rings. The molecule has 18 heavy (non-hydrogen) atoms. The maximum absolute atomic E-state index is 4.27. The van der Waals surface area contributed by atoms with Crippen LogP contribution in [0.2, 0.25) is 0 Å². The van der Waals surface area contributed by atoms with E-state index < -0.39 is 0 Å². The van der Waals surface area contributed by atoms with Gasteiger partial charge in [0, 0.05) is 26.2 Å². The topological polar surface area (TPSA) is 58.9 Å². The number of rotatable bonds is 5. The number of aryl methyl sites for hydroxylation is 1. The van der Waals surface area contributed by atoms with Gasteiger partial charge in [0.2, 0.25) is 0 Å². The molecule has 1 N–H and O–H groups in total. The maximum atomic E-state index is 4.27. The van der Waals surface area contributed by atoms with Crippen LogP contribution in [0.25, 0.3) is 11.0 Å². The van der Waals surface area contributed by atoms with Crippen LogP contribution in [0.5, 0.6) is 0 Å². The number of likely N-dealkylation sites (N-methyl/N-ethyl adjacent to an activating group) is 1. The molecule has 0 atom stereocenters. The van der Waals surface area contributed by atoms with Crippen LogP contribution in [0.3, 0.4) is 0 Å². The van der Waals surface area contributed by atoms with Gasteiger partial charge in [0.15, 0.2) is 5.65 Å². The summed E-state index contributed by atoms with van der Waals surface area (Å²) >= 11 is 0. The van der Waals surface area contributed by atoms with E-state index in [1.165, 1.54) is 0 Å². The molecule has 0 saturated carbocycles. The minimum Gasteiger partial charge on any atom is -0.368 e. The number of nitrogens with zero attached hydrogens (tertiary/aromatic N) is 5. The van der Waals surface area contributed by atoms with Crippen molar-refractivity contribution in [1.82, 2.24) is 24.6 Å². The first-order valence-electron chi connectivity index (χ1n) is 6.16. The molecule has 2 aromatic heterocycles. The summed E-state index contributed by atoms with van der Waals surface area (Å²) in [6, 6.07) is 0.551. The van der Waals surface area contributed by atoms with Gasteiger partial charge in [-0.15, -0.1) is 0 Å². The Labute approximate surface area is 107 Å². The van der Waals surface area contributed by atoms with Gasteiger partial charge < -0.3 is 10.2 Å². The number of hydrogen-bond acceptors (Lipinski definition) is 5. The highest BCUT2D eigenvalue weighted by Crippen LogP contribution is 2.17. The van der Waals surface area contributed by atoms with E-state index in [9.17, 15) is 0 Å². The van der Waals surface area contributed by atoms with Crippen molar-refractivity contribution in [2.75, 3.05) is 25.5 Å². The molecule has 0 amide bonds. The zero-order valence-electron chi connectivity index (χ0n) is 11.4. The van der Waals surface area contributed by atoms with Gasteiger partial charge in [-0.1, -0.05) is 0 Å². The molecule has 0 aliphatic rings. The van der Waals surface area contributed by atoms with E-state index in [4.69, 9.17) is 0 Å². The quantitative estimate of drug-likeness (QED) is 0.859. The molecular formula is C12H20N6. The van der Waals surface area contributed by atoms with Gasteiger partial charge in [0.05, 0.1) is 11.6 Å². The Morgan fingerprint density at radius 3 is 2.89 bits per heavy atom. The second-order valence-electron chi connectivity index (χ2n) is 4.73. The number of aromatic nitrogens is 4. The molecule has 0 aliphatic heterocycles. The van der Waals surface area contributed by atoms with Crippen LogP contribution in [0.15, 0.2) is 12.5 Å². The molecular weight excluding hydrogens is 228 g/mol. The first kappa shape index (κ1) is 12.8. The molecule has 2 heterocycles. The predicted octanol–water partition coefficient (Wildman–Crippen LogP) is 1.12. The average molecular weight is 248 g/mol. The van der Waals surface area contributed by atoms with Crippen molar-refractivity contribution >= 4 is 16.9 Å². The van der Waals surface area contributed by atoms with Crippen LogP contribution in [0.4, 0.5) is 5.82 Å². The van der Waals surface area contributed by atoms with Gasteiger partial charge in [-0.25, -0.2) is 9.97 Å². The lowest BCUT2D eigenvalue weighted by molar-refractivity contribution is 0.284. The van der Waals surface area contributed by atoms with E-state index >= 15 is 0 Å². The Morgan fingerprint density at radius 2 is 2.17 bits per heavy atom. The molecule has 0 saturated heterocycles. The largest absolute Gasteiger partial charge is 0.368 e. The predicted molar refractivity (Wildman–Crippen MR) is 72.6 cm³/mol. The maximum Gasteiger partial charge on any atom is 0.163 e. The number of hydrogen-bond donors (Lipinski definition) is 1. The summed E-state index contributed by atoms with van der Waals surface area (Å²) in [7, 11) is 4.00. The summed E-state index contributed by atoms with van der Waals surface area (Å²) in [6.45, 7) is 6.20. The van der Waals surface area contributed by atoms with E-state index in [-0.39, 0.29) is 0 Å². The van der Waals surface area contributed by atoms with Crippen molar-refractivity contribution in [2.45, 2.75) is 19.9 Å². The third-order valence-corrected chi connectivity index (χ3v) is 3.17. The van der Waals surface area contributed by atoms with E-state index in [1.807, 2.05) is 7.05 Å². The zero-order valence-corrected chi connectivity index (χ0v) is 11.4. The van der Waals surface area contributed by atoms with Crippen LogP contribution in [0.1, 0.15) is 13.8 Å². The molecule has 98 valence electrons. The first-order chi connectivity index (χ1) is 8.59. The Balaban J connectivity index is 2.04. The van der Waals surface area contributed by atoms with E-state index in [2.05, 4.69) is 46.2 Å². The van der Waals surface area contributed by atoms with E-state index in [0.717, 1.165) is 29.9 Å². The summed E-state index contributed by atoms with van der Waals surface area (Å²) in [5, 5.41) is 8.50. The Kier molecular flexibility index (Phi) is 3.76. The van der Waals surface area contributed by atoms with Crippen LogP contribution < -0.4 is 5.32 Å². The molecule has 0 spiro atoms. The summed E-state index contributed by atoms with van der Waals surface area (Å²) in [6.07, 6.45) is 3.36. The minimum atomic E-state index is 0.551. The third-order valence-electron chi connectivity index (χ3n) is 3.17. The number of fused-ring (bicyclic) bond motifs is 1. The second kappa shape index (κ2) is 5.30. The van der Waals surface area contributed by atoms with Gasteiger partial charge in [-0.2, -0.15) is 5.10 Å². The van der Waals surface area contributed by atoms with Crippen molar-refractivity contribution in [3.63, 3.8) is 0 Å². The average Bonchev–Trinajstić information content (AvgIpc) is 2.72. The van der Waals surface area contributed by atoms with Crippen molar-refractivity contribution in [2.24, 2.45) is 7.05 Å². The third kappa shape index (κ3) is 2.59. The van der Waals surface area contributed by atoms with Gasteiger partial charge in [0.1, 0.15) is 12.1 Å². The van der Waals surface area contributed by atoms with Crippen LogP contribution in [-0.4, -0.2) is 50.8 Å². The van der Waals surface area contributed by atoms with Crippen molar-refractivity contribution in [3.8, 4) is 0 Å². The van der Waals surface area contributed by atoms with E-state index in [0.29, 0.717) is 6.04 Å². The lowest BCUT2D eigenvalue weighted by Crippen LogP contribution is -2.31. The van der Waals surface area contributed by atoms with Gasteiger partial charge >= 0.3 is 0 Å². The SMILES string of the molecule is CC(C)N(C)CCNc1ncnc2c1cnn2C. The minimum absolute atomic E-state index is 0.551. The molecule has 2 rings (SSSR count). The highest BCUT2D eigenvalue weighted by atomic mass is 15.3. The highest BCUT2D eigenvalue weighted by molar-refractivity contribution is 5.85. The lowest BCUT2D eigenvalue weighted by atomic mass is 10.3. The lowest BCUT2D eigenvalue weighted by Gasteiger charge is -2.21. The Hall–Kier alpha value is -1.69. The molecule has 0 bridgehead atoms. The Bertz CT molecular complexity index is 518. The second-order valence-corrected chi connectivity index (χ2v) is 4.73. The molecule has 0 radical (unpaired) electrons. The smallest absolute Gasteiger partial charge is 0.163 e. The summed E-state index contributed by atoms with van der Waals surface area (Å²) in [5.74, 6) is 0.852. The first-order valence-corrected chi connectivity index (χ1v) is 6.16. The standard InChI is InChI=1S/C12H20N6/c1-9(2)17(3)6-5-13-11-10-7-16-18(4)12(10)15-8-14-11/h7-9H,5-6H2,1-4H3,(H,13,14,15). The normalized spacial score (nSPS) is 11.7. The fourth-order valence-electron chi connectivity index (χ4n) is 1.71. The van der Waals surface area contributed by atoms with Gasteiger partial charge in [0.25, 0.3) is 0 Å². The molecule has 0 aliphatic carbocycles. The summed E-state index contributed by atoms with van der Waals surface area (Å²) < 4.78 is 1.75. The number of anilines is 1. The summed E-state index contributed by atoms with van der Waals surface area (Å²) in [4.78, 5) is 10.8. The van der Waals surface area contributed by atoms with E-state index in [1.54, 1.807) is 17.2 Å². The monoisotopic (exact) mass is 248 g/mol. The fraction of sp³-hybridized carbons (Fsp3) is 0.583. The fourth-order valence-corrected chi connectivity index (χ4v) is 1.71.